The average molecular weight is 147 g/mol. The van der Waals surface area contributed by atoms with Crippen LogP contribution in [-0.4, -0.2) is 31.2 Å². The smallest absolute Gasteiger partial charge is 0.114 e. The summed E-state index contributed by atoms with van der Waals surface area (Å²) >= 11 is 0. The third kappa shape index (κ3) is 4.74. The number of likely N-dealkylation sites (tertiary alicyclic amines) is 1. The molecule has 0 aliphatic carbocycles. The van der Waals surface area contributed by atoms with Gasteiger partial charge in [0.1, 0.15) is 6.17 Å². The number of hydrogen-bond donors (Lipinski definition) is 0. The SMILES string of the molecule is CCC.CN1CC[C@@H](F)C1. The van der Waals surface area contributed by atoms with Crippen LogP contribution in [0, 0.1) is 0 Å². The zero-order chi connectivity index (χ0) is 7.98. The summed E-state index contributed by atoms with van der Waals surface area (Å²) in [5.74, 6) is 0. The van der Waals surface area contributed by atoms with Crippen molar-refractivity contribution in [3.8, 4) is 0 Å². The van der Waals surface area contributed by atoms with Crippen molar-refractivity contribution in [2.45, 2.75) is 32.9 Å². The number of nitrogens with zero attached hydrogens (tertiary/aromatic N) is 1. The summed E-state index contributed by atoms with van der Waals surface area (Å²) in [6.07, 6.45) is 1.43. The van der Waals surface area contributed by atoms with Crippen LogP contribution < -0.4 is 0 Å². The fourth-order valence-electron chi connectivity index (χ4n) is 0.881. The summed E-state index contributed by atoms with van der Waals surface area (Å²) < 4.78 is 12.1. The van der Waals surface area contributed by atoms with Gasteiger partial charge in [0.2, 0.25) is 0 Å². The Bertz CT molecular complexity index is 67.7. The Kier molecular flexibility index (Phi) is 5.60. The molecule has 1 atom stereocenters. The fourth-order valence-corrected chi connectivity index (χ4v) is 0.881. The summed E-state index contributed by atoms with van der Waals surface area (Å²) in [4.78, 5) is 2.00. The highest BCUT2D eigenvalue weighted by Crippen LogP contribution is 2.08. The monoisotopic (exact) mass is 147 g/mol. The number of alkyl halides is 1. The van der Waals surface area contributed by atoms with E-state index in [2.05, 4.69) is 13.8 Å². The molecule has 2 heteroatoms. The molecule has 0 N–H and O–H groups in total. The Morgan fingerprint density at radius 2 is 2.00 bits per heavy atom. The highest BCUT2D eigenvalue weighted by Gasteiger charge is 2.17. The van der Waals surface area contributed by atoms with Crippen LogP contribution in [0.25, 0.3) is 0 Å². The van der Waals surface area contributed by atoms with Gasteiger partial charge in [-0.2, -0.15) is 0 Å². The molecule has 0 aromatic carbocycles. The molecule has 0 saturated carbocycles. The Morgan fingerprint density at radius 1 is 1.50 bits per heavy atom. The number of rotatable bonds is 0. The topological polar surface area (TPSA) is 3.24 Å². The minimum absolute atomic E-state index is 0.551. The van der Waals surface area contributed by atoms with Crippen LogP contribution >= 0.6 is 0 Å². The molecule has 0 spiro atoms. The second-order valence-corrected chi connectivity index (χ2v) is 2.86. The molecule has 62 valence electrons. The Balaban J connectivity index is 0.000000236. The zero-order valence-corrected chi connectivity index (χ0v) is 7.23. The van der Waals surface area contributed by atoms with Crippen LogP contribution in [-0.2, 0) is 0 Å². The molecule has 10 heavy (non-hydrogen) atoms. The summed E-state index contributed by atoms with van der Waals surface area (Å²) in [7, 11) is 1.94. The highest BCUT2D eigenvalue weighted by atomic mass is 19.1. The minimum atomic E-state index is -0.551. The maximum absolute atomic E-state index is 12.1. The lowest BCUT2D eigenvalue weighted by molar-refractivity contribution is 0.321. The molecular formula is C8H18FN. The van der Waals surface area contributed by atoms with Crippen molar-refractivity contribution in [1.82, 2.24) is 4.90 Å². The zero-order valence-electron chi connectivity index (χ0n) is 7.23. The van der Waals surface area contributed by atoms with Crippen LogP contribution in [0.15, 0.2) is 0 Å². The van der Waals surface area contributed by atoms with Crippen molar-refractivity contribution in [3.63, 3.8) is 0 Å². The molecule has 0 aromatic heterocycles. The predicted molar refractivity (Wildman–Crippen MR) is 43.0 cm³/mol. The van der Waals surface area contributed by atoms with Crippen LogP contribution in [0.3, 0.4) is 0 Å². The van der Waals surface area contributed by atoms with E-state index >= 15 is 0 Å². The molecule has 1 rings (SSSR count). The van der Waals surface area contributed by atoms with E-state index in [0.717, 1.165) is 13.0 Å². The lowest BCUT2D eigenvalue weighted by Gasteiger charge is -2.01. The van der Waals surface area contributed by atoms with Crippen molar-refractivity contribution in [2.75, 3.05) is 20.1 Å². The predicted octanol–water partition coefficient (Wildman–Crippen LogP) is 2.08. The van der Waals surface area contributed by atoms with E-state index in [-0.39, 0.29) is 0 Å². The van der Waals surface area contributed by atoms with Gasteiger partial charge in [-0.05, 0) is 13.5 Å². The highest BCUT2D eigenvalue weighted by molar-refractivity contribution is 4.70. The van der Waals surface area contributed by atoms with Gasteiger partial charge in [-0.1, -0.05) is 20.3 Å². The molecule has 0 unspecified atom stereocenters. The van der Waals surface area contributed by atoms with Gasteiger partial charge in [0.15, 0.2) is 0 Å². The normalized spacial score (nSPS) is 25.8. The van der Waals surface area contributed by atoms with E-state index in [4.69, 9.17) is 0 Å². The van der Waals surface area contributed by atoms with Gasteiger partial charge in [-0.15, -0.1) is 0 Å². The molecule has 0 aromatic rings. The van der Waals surface area contributed by atoms with Crippen molar-refractivity contribution in [2.24, 2.45) is 0 Å². The maximum atomic E-state index is 12.1. The van der Waals surface area contributed by atoms with Gasteiger partial charge >= 0.3 is 0 Å². The Hall–Kier alpha value is -0.110. The molecule has 1 saturated heterocycles. The Morgan fingerprint density at radius 3 is 2.10 bits per heavy atom. The fraction of sp³-hybridized carbons (Fsp3) is 1.00. The molecule has 1 heterocycles. The first-order valence-electron chi connectivity index (χ1n) is 4.03. The molecule has 0 radical (unpaired) electrons. The maximum Gasteiger partial charge on any atom is 0.114 e. The lowest BCUT2D eigenvalue weighted by atomic mass is 10.4. The van der Waals surface area contributed by atoms with Crippen LogP contribution in [0.2, 0.25) is 0 Å². The van der Waals surface area contributed by atoms with E-state index in [9.17, 15) is 4.39 Å². The third-order valence-electron chi connectivity index (χ3n) is 1.33. The molecular weight excluding hydrogens is 129 g/mol. The molecule has 1 nitrogen and oxygen atoms in total. The van der Waals surface area contributed by atoms with Gasteiger partial charge in [-0.25, -0.2) is 4.39 Å². The molecule has 1 fully saturated rings. The van der Waals surface area contributed by atoms with E-state index in [1.165, 1.54) is 6.42 Å². The standard InChI is InChI=1S/C5H10FN.C3H8/c1-7-3-2-5(6)4-7;1-3-2/h5H,2-4H2,1H3;3H2,1-2H3/t5-;/m1./s1. The largest absolute Gasteiger partial charge is 0.303 e. The van der Waals surface area contributed by atoms with Crippen molar-refractivity contribution in [3.05, 3.63) is 0 Å². The summed E-state index contributed by atoms with van der Waals surface area (Å²) in [6.45, 7) is 5.82. The Labute approximate surface area is 63.2 Å². The first-order valence-corrected chi connectivity index (χ1v) is 4.03. The minimum Gasteiger partial charge on any atom is -0.303 e. The lowest BCUT2D eigenvalue weighted by Crippen LogP contribution is -2.13. The second-order valence-electron chi connectivity index (χ2n) is 2.86. The van der Waals surface area contributed by atoms with E-state index < -0.39 is 6.17 Å². The second kappa shape index (κ2) is 5.66. The van der Waals surface area contributed by atoms with E-state index in [0.29, 0.717) is 6.54 Å². The molecule has 1 aliphatic heterocycles. The van der Waals surface area contributed by atoms with Crippen molar-refractivity contribution >= 4 is 0 Å². The first kappa shape index (κ1) is 9.89. The van der Waals surface area contributed by atoms with Gasteiger partial charge in [0.25, 0.3) is 0 Å². The van der Waals surface area contributed by atoms with Gasteiger partial charge in [0, 0.05) is 13.1 Å². The molecule has 0 amide bonds. The summed E-state index contributed by atoms with van der Waals surface area (Å²) in [5.41, 5.74) is 0. The van der Waals surface area contributed by atoms with Gasteiger partial charge in [-0.3, -0.25) is 0 Å². The summed E-state index contributed by atoms with van der Waals surface area (Å²) in [6, 6.07) is 0. The average Bonchev–Trinajstić information content (AvgIpc) is 2.17. The molecule has 0 bridgehead atoms. The van der Waals surface area contributed by atoms with Crippen molar-refractivity contribution in [1.29, 1.82) is 0 Å². The van der Waals surface area contributed by atoms with Crippen LogP contribution in [0.4, 0.5) is 4.39 Å². The number of hydrogen-bond acceptors (Lipinski definition) is 1. The quantitative estimate of drug-likeness (QED) is 0.507. The third-order valence-corrected chi connectivity index (χ3v) is 1.33. The van der Waals surface area contributed by atoms with Gasteiger partial charge in [0.05, 0.1) is 0 Å². The summed E-state index contributed by atoms with van der Waals surface area (Å²) in [5, 5.41) is 0. The van der Waals surface area contributed by atoms with Crippen LogP contribution in [0.5, 0.6) is 0 Å². The van der Waals surface area contributed by atoms with Gasteiger partial charge < -0.3 is 4.90 Å². The van der Waals surface area contributed by atoms with Crippen molar-refractivity contribution < 1.29 is 4.39 Å². The van der Waals surface area contributed by atoms with E-state index in [1.54, 1.807) is 0 Å². The number of halogens is 1. The first-order chi connectivity index (χ1) is 4.70. The van der Waals surface area contributed by atoms with E-state index in [1.807, 2.05) is 11.9 Å². The van der Waals surface area contributed by atoms with Crippen LogP contribution in [0.1, 0.15) is 26.7 Å². The molecule has 1 aliphatic rings.